The molecule has 0 amide bonds. The summed E-state index contributed by atoms with van der Waals surface area (Å²) in [5, 5.41) is 7.23. The normalized spacial score (nSPS) is 11.3. The second kappa shape index (κ2) is 4.97. The molecule has 0 fully saturated rings. The fraction of sp³-hybridized carbons (Fsp3) is 0.714. The molecule has 0 aliphatic carbocycles. The molecule has 0 aromatic heterocycles. The Morgan fingerprint density at radius 2 is 2.20 bits per heavy atom. The van der Waals surface area contributed by atoms with Crippen LogP contribution in [-0.4, -0.2) is 31.0 Å². The molecule has 0 rings (SSSR count). The third-order valence-corrected chi connectivity index (χ3v) is 1.33. The molecule has 0 aliphatic heterocycles. The summed E-state index contributed by atoms with van der Waals surface area (Å²) in [5.41, 5.74) is 0. The van der Waals surface area contributed by atoms with Crippen molar-refractivity contribution in [3.8, 4) is 0 Å². The largest absolute Gasteiger partial charge is 0.362 e. The van der Waals surface area contributed by atoms with Gasteiger partial charge in [-0.25, -0.2) is 0 Å². The van der Waals surface area contributed by atoms with Gasteiger partial charge >= 0.3 is 0 Å². The van der Waals surface area contributed by atoms with E-state index in [2.05, 4.69) is 28.7 Å². The number of hydrogen-bond acceptors (Lipinski definition) is 2. The highest BCUT2D eigenvalue weighted by molar-refractivity contribution is 5.79. The Labute approximate surface area is 62.4 Å². The van der Waals surface area contributed by atoms with E-state index in [0.717, 1.165) is 18.8 Å². The molecule has 58 valence electrons. The lowest BCUT2D eigenvalue weighted by Gasteiger charge is -2.15. The minimum absolute atomic E-state index is 0.914. The molecule has 0 aromatic rings. The highest BCUT2D eigenvalue weighted by atomic mass is 15.3. The Balaban J connectivity index is 3.80. The van der Waals surface area contributed by atoms with Crippen LogP contribution < -0.4 is 0 Å². The lowest BCUT2D eigenvalue weighted by Crippen LogP contribution is -2.24. The zero-order chi connectivity index (χ0) is 7.98. The summed E-state index contributed by atoms with van der Waals surface area (Å²) in [7, 11) is 1.99. The smallest absolute Gasteiger partial charge is 0.124 e. The standard InChI is InChI=1S/C7H15N3/c1-5-6-10(4)7(2)9-8-3/h3,5-6H2,1-2,4H3/b9-7-. The predicted molar refractivity (Wildman–Crippen MR) is 45.6 cm³/mol. The molecule has 3 nitrogen and oxygen atoms in total. The van der Waals surface area contributed by atoms with Crippen molar-refractivity contribution in [1.82, 2.24) is 4.90 Å². The van der Waals surface area contributed by atoms with E-state index in [1.54, 1.807) is 0 Å². The number of nitrogens with zero attached hydrogens (tertiary/aromatic N) is 3. The Hall–Kier alpha value is -0.860. The minimum atomic E-state index is 0.914. The number of rotatable bonds is 3. The van der Waals surface area contributed by atoms with Crippen molar-refractivity contribution in [2.75, 3.05) is 13.6 Å². The molecule has 0 saturated heterocycles. The summed E-state index contributed by atoms with van der Waals surface area (Å²) in [6, 6.07) is 0. The van der Waals surface area contributed by atoms with Crippen LogP contribution in [0.2, 0.25) is 0 Å². The van der Waals surface area contributed by atoms with Gasteiger partial charge in [-0.3, -0.25) is 0 Å². The van der Waals surface area contributed by atoms with Crippen LogP contribution in [0.1, 0.15) is 20.3 Å². The second-order valence-corrected chi connectivity index (χ2v) is 2.21. The van der Waals surface area contributed by atoms with E-state index in [4.69, 9.17) is 0 Å². The predicted octanol–water partition coefficient (Wildman–Crippen LogP) is 1.36. The van der Waals surface area contributed by atoms with Gasteiger partial charge in [-0.05, 0) is 13.3 Å². The molecule has 10 heavy (non-hydrogen) atoms. The maximum Gasteiger partial charge on any atom is 0.124 e. The van der Waals surface area contributed by atoms with Gasteiger partial charge in [0.1, 0.15) is 5.84 Å². The second-order valence-electron chi connectivity index (χ2n) is 2.21. The van der Waals surface area contributed by atoms with Crippen molar-refractivity contribution in [1.29, 1.82) is 0 Å². The lowest BCUT2D eigenvalue weighted by molar-refractivity contribution is 0.496. The van der Waals surface area contributed by atoms with Gasteiger partial charge in [0.25, 0.3) is 0 Å². The van der Waals surface area contributed by atoms with Gasteiger partial charge < -0.3 is 4.90 Å². The Morgan fingerprint density at radius 3 is 2.60 bits per heavy atom. The fourth-order valence-electron chi connectivity index (χ4n) is 0.676. The summed E-state index contributed by atoms with van der Waals surface area (Å²) in [6.07, 6.45) is 1.13. The summed E-state index contributed by atoms with van der Waals surface area (Å²) >= 11 is 0. The summed E-state index contributed by atoms with van der Waals surface area (Å²) in [6.45, 7) is 8.35. The van der Waals surface area contributed by atoms with Crippen LogP contribution in [0, 0.1) is 0 Å². The van der Waals surface area contributed by atoms with Gasteiger partial charge in [-0.2, -0.15) is 5.10 Å². The van der Waals surface area contributed by atoms with E-state index in [1.165, 1.54) is 0 Å². The quantitative estimate of drug-likeness (QED) is 0.331. The van der Waals surface area contributed by atoms with Gasteiger partial charge in [0, 0.05) is 20.3 Å². The van der Waals surface area contributed by atoms with Crippen molar-refractivity contribution in [2.24, 2.45) is 10.2 Å². The molecule has 0 heterocycles. The zero-order valence-electron chi connectivity index (χ0n) is 6.96. The number of amidine groups is 1. The van der Waals surface area contributed by atoms with E-state index >= 15 is 0 Å². The van der Waals surface area contributed by atoms with Crippen molar-refractivity contribution in [2.45, 2.75) is 20.3 Å². The average molecular weight is 141 g/mol. The average Bonchev–Trinajstić information content (AvgIpc) is 1.89. The molecule has 0 bridgehead atoms. The van der Waals surface area contributed by atoms with Crippen LogP contribution in [0.4, 0.5) is 0 Å². The van der Waals surface area contributed by atoms with E-state index in [1.807, 2.05) is 14.0 Å². The summed E-state index contributed by atoms with van der Waals surface area (Å²) in [5.74, 6) is 0.914. The molecule has 0 atom stereocenters. The maximum absolute atomic E-state index is 3.80. The third-order valence-electron chi connectivity index (χ3n) is 1.33. The molecule has 0 unspecified atom stereocenters. The van der Waals surface area contributed by atoms with Crippen LogP contribution in [0.25, 0.3) is 0 Å². The highest BCUT2D eigenvalue weighted by Crippen LogP contribution is 1.89. The molecule has 0 saturated carbocycles. The van der Waals surface area contributed by atoms with Crippen molar-refractivity contribution >= 4 is 12.6 Å². The van der Waals surface area contributed by atoms with Gasteiger partial charge in [0.05, 0.1) is 0 Å². The van der Waals surface area contributed by atoms with Crippen molar-refractivity contribution in [3.63, 3.8) is 0 Å². The van der Waals surface area contributed by atoms with Crippen molar-refractivity contribution in [3.05, 3.63) is 0 Å². The minimum Gasteiger partial charge on any atom is -0.362 e. The van der Waals surface area contributed by atoms with E-state index in [0.29, 0.717) is 0 Å². The first-order valence-electron chi connectivity index (χ1n) is 3.43. The van der Waals surface area contributed by atoms with Gasteiger partial charge in [0.15, 0.2) is 0 Å². The highest BCUT2D eigenvalue weighted by Gasteiger charge is 1.96. The third kappa shape index (κ3) is 3.22. The topological polar surface area (TPSA) is 28.0 Å². The lowest BCUT2D eigenvalue weighted by atomic mass is 10.4. The maximum atomic E-state index is 3.80. The fourth-order valence-corrected chi connectivity index (χ4v) is 0.676. The summed E-state index contributed by atoms with van der Waals surface area (Å²) < 4.78 is 0. The van der Waals surface area contributed by atoms with Crippen LogP contribution in [0.3, 0.4) is 0 Å². The first-order valence-corrected chi connectivity index (χ1v) is 3.43. The van der Waals surface area contributed by atoms with Gasteiger partial charge in [0.2, 0.25) is 0 Å². The van der Waals surface area contributed by atoms with Gasteiger partial charge in [-0.15, -0.1) is 5.10 Å². The molecule has 0 spiro atoms. The van der Waals surface area contributed by atoms with Crippen LogP contribution in [0.15, 0.2) is 10.2 Å². The molecule has 0 aliphatic rings. The van der Waals surface area contributed by atoms with Crippen molar-refractivity contribution < 1.29 is 0 Å². The number of hydrogen-bond donors (Lipinski definition) is 0. The Bertz CT molecular complexity index is 129. The van der Waals surface area contributed by atoms with E-state index in [-0.39, 0.29) is 0 Å². The van der Waals surface area contributed by atoms with Crippen LogP contribution >= 0.6 is 0 Å². The van der Waals surface area contributed by atoms with Crippen LogP contribution in [0.5, 0.6) is 0 Å². The van der Waals surface area contributed by atoms with E-state index in [9.17, 15) is 0 Å². The molecular formula is C7H15N3. The Morgan fingerprint density at radius 1 is 1.60 bits per heavy atom. The SMILES string of the molecule is C=N/N=C(/C)N(C)CCC. The summed E-state index contributed by atoms with van der Waals surface area (Å²) in [4.78, 5) is 2.05. The van der Waals surface area contributed by atoms with Gasteiger partial charge in [-0.1, -0.05) is 6.92 Å². The zero-order valence-corrected chi connectivity index (χ0v) is 6.96. The van der Waals surface area contributed by atoms with Crippen LogP contribution in [-0.2, 0) is 0 Å². The first kappa shape index (κ1) is 9.14. The monoisotopic (exact) mass is 141 g/mol. The Kier molecular flexibility index (Phi) is 4.54. The molecular weight excluding hydrogens is 126 g/mol. The molecule has 0 aromatic carbocycles. The first-order chi connectivity index (χ1) is 4.72. The van der Waals surface area contributed by atoms with E-state index < -0.39 is 0 Å². The molecule has 0 radical (unpaired) electrons. The molecule has 3 heteroatoms. The molecule has 0 N–H and O–H groups in total.